The maximum absolute atomic E-state index is 11.9. The second-order valence-corrected chi connectivity index (χ2v) is 6.94. The standard InChI is InChI=1S/C20H35N5O.HI/c1-4-21-20(23-16-18-11-9-14-24(18)5-2)22-13-6-7-15-25-17(3)10-8-12-19(25)26;/h8,10,12,18H,4-7,9,11,13-16H2,1-3H3,(H2,21,22,23);1H. The molecular formula is C20H36IN5O. The zero-order valence-electron chi connectivity index (χ0n) is 17.0. The Labute approximate surface area is 180 Å². The first-order chi connectivity index (χ1) is 12.7. The minimum Gasteiger partial charge on any atom is -0.357 e. The van der Waals surface area contributed by atoms with Crippen LogP contribution in [0.2, 0.25) is 0 Å². The largest absolute Gasteiger partial charge is 0.357 e. The van der Waals surface area contributed by atoms with Gasteiger partial charge in [0.15, 0.2) is 5.96 Å². The molecule has 1 saturated heterocycles. The first-order valence-electron chi connectivity index (χ1n) is 10.1. The van der Waals surface area contributed by atoms with Crippen LogP contribution in [0.25, 0.3) is 0 Å². The molecule has 1 aliphatic heterocycles. The van der Waals surface area contributed by atoms with E-state index in [1.54, 1.807) is 6.07 Å². The van der Waals surface area contributed by atoms with Gasteiger partial charge >= 0.3 is 0 Å². The van der Waals surface area contributed by atoms with Gasteiger partial charge < -0.3 is 15.2 Å². The number of unbranched alkanes of at least 4 members (excludes halogenated alkanes) is 1. The van der Waals surface area contributed by atoms with Gasteiger partial charge in [-0.05, 0) is 58.7 Å². The molecule has 0 radical (unpaired) electrons. The van der Waals surface area contributed by atoms with Crippen LogP contribution in [0.3, 0.4) is 0 Å². The molecule has 0 amide bonds. The van der Waals surface area contributed by atoms with Gasteiger partial charge in [-0.3, -0.25) is 14.7 Å². The average Bonchev–Trinajstić information content (AvgIpc) is 3.09. The van der Waals surface area contributed by atoms with Crippen LogP contribution in [-0.2, 0) is 6.54 Å². The van der Waals surface area contributed by atoms with Crippen LogP contribution in [0.5, 0.6) is 0 Å². The van der Waals surface area contributed by atoms with Crippen molar-refractivity contribution in [3.05, 3.63) is 34.2 Å². The molecule has 0 saturated carbocycles. The molecule has 154 valence electrons. The number of pyridine rings is 1. The molecule has 1 aromatic heterocycles. The predicted molar refractivity (Wildman–Crippen MR) is 124 cm³/mol. The number of guanidine groups is 1. The second-order valence-electron chi connectivity index (χ2n) is 6.94. The Kier molecular flexibility index (Phi) is 11.7. The summed E-state index contributed by atoms with van der Waals surface area (Å²) in [7, 11) is 0. The Morgan fingerprint density at radius 3 is 2.78 bits per heavy atom. The van der Waals surface area contributed by atoms with E-state index < -0.39 is 0 Å². The monoisotopic (exact) mass is 489 g/mol. The van der Waals surface area contributed by atoms with Gasteiger partial charge in [0.25, 0.3) is 5.56 Å². The van der Waals surface area contributed by atoms with E-state index in [0.717, 1.165) is 57.2 Å². The van der Waals surface area contributed by atoms with Gasteiger partial charge in [0.05, 0.1) is 6.54 Å². The van der Waals surface area contributed by atoms with Crippen molar-refractivity contribution in [1.82, 2.24) is 20.1 Å². The summed E-state index contributed by atoms with van der Waals surface area (Å²) >= 11 is 0. The van der Waals surface area contributed by atoms with E-state index in [4.69, 9.17) is 4.99 Å². The minimum atomic E-state index is 0. The van der Waals surface area contributed by atoms with Crippen LogP contribution < -0.4 is 16.2 Å². The number of hydrogen-bond donors (Lipinski definition) is 2. The molecule has 27 heavy (non-hydrogen) atoms. The quantitative estimate of drug-likeness (QED) is 0.242. The summed E-state index contributed by atoms with van der Waals surface area (Å²) in [6.07, 6.45) is 4.53. The summed E-state index contributed by atoms with van der Waals surface area (Å²) in [6, 6.07) is 6.02. The highest BCUT2D eigenvalue weighted by Crippen LogP contribution is 2.16. The number of aryl methyl sites for hydroxylation is 1. The molecule has 0 aromatic carbocycles. The van der Waals surface area contributed by atoms with Crippen molar-refractivity contribution in [3.63, 3.8) is 0 Å². The number of rotatable bonds is 9. The smallest absolute Gasteiger partial charge is 0.250 e. The van der Waals surface area contributed by atoms with Crippen LogP contribution in [0, 0.1) is 6.92 Å². The number of aromatic nitrogens is 1. The summed E-state index contributed by atoms with van der Waals surface area (Å²) in [6.45, 7) is 12.0. The Bertz CT molecular complexity index is 631. The Morgan fingerprint density at radius 1 is 1.26 bits per heavy atom. The Morgan fingerprint density at radius 2 is 2.07 bits per heavy atom. The lowest BCUT2D eigenvalue weighted by Gasteiger charge is -2.21. The zero-order chi connectivity index (χ0) is 18.8. The second kappa shape index (κ2) is 13.1. The first-order valence-corrected chi connectivity index (χ1v) is 10.1. The molecule has 0 aliphatic carbocycles. The maximum atomic E-state index is 11.9. The van der Waals surface area contributed by atoms with E-state index >= 15 is 0 Å². The molecule has 1 atom stereocenters. The molecule has 2 N–H and O–H groups in total. The predicted octanol–water partition coefficient (Wildman–Crippen LogP) is 2.59. The number of hydrogen-bond acceptors (Lipinski definition) is 3. The summed E-state index contributed by atoms with van der Waals surface area (Å²) < 4.78 is 1.85. The average molecular weight is 489 g/mol. The highest BCUT2D eigenvalue weighted by atomic mass is 127. The van der Waals surface area contributed by atoms with Crippen molar-refractivity contribution in [1.29, 1.82) is 0 Å². The van der Waals surface area contributed by atoms with Gasteiger partial charge in [0.1, 0.15) is 0 Å². The summed E-state index contributed by atoms with van der Waals surface area (Å²) in [5.74, 6) is 0.906. The lowest BCUT2D eigenvalue weighted by Crippen LogP contribution is -2.39. The van der Waals surface area contributed by atoms with Gasteiger partial charge in [-0.2, -0.15) is 0 Å². The van der Waals surface area contributed by atoms with Crippen molar-refractivity contribution in [2.45, 2.75) is 59.0 Å². The summed E-state index contributed by atoms with van der Waals surface area (Å²) in [4.78, 5) is 19.2. The third-order valence-corrected chi connectivity index (χ3v) is 5.08. The van der Waals surface area contributed by atoms with Crippen LogP contribution in [0.4, 0.5) is 0 Å². The van der Waals surface area contributed by atoms with Gasteiger partial charge in [-0.15, -0.1) is 24.0 Å². The fraction of sp³-hybridized carbons (Fsp3) is 0.700. The minimum absolute atomic E-state index is 0. The molecule has 1 fully saturated rings. The number of aliphatic imine (C=N–C) groups is 1. The number of halogens is 1. The van der Waals surface area contributed by atoms with Gasteiger partial charge in [0.2, 0.25) is 0 Å². The van der Waals surface area contributed by atoms with E-state index in [9.17, 15) is 4.79 Å². The van der Waals surface area contributed by atoms with Crippen LogP contribution >= 0.6 is 24.0 Å². The number of nitrogens with one attached hydrogen (secondary N) is 2. The van der Waals surface area contributed by atoms with Gasteiger partial charge in [0, 0.05) is 37.4 Å². The fourth-order valence-corrected chi connectivity index (χ4v) is 3.57. The van der Waals surface area contributed by atoms with Gasteiger partial charge in [-0.25, -0.2) is 0 Å². The number of likely N-dealkylation sites (N-methyl/N-ethyl adjacent to an activating group) is 1. The SMILES string of the molecule is CCNC(=NCC1CCCN1CC)NCCCCn1c(C)cccc1=O.I. The molecule has 0 spiro atoms. The lowest BCUT2D eigenvalue weighted by molar-refractivity contribution is 0.273. The summed E-state index contributed by atoms with van der Waals surface area (Å²) in [5, 5.41) is 6.76. The highest BCUT2D eigenvalue weighted by molar-refractivity contribution is 14.0. The van der Waals surface area contributed by atoms with Crippen molar-refractivity contribution >= 4 is 29.9 Å². The molecule has 1 unspecified atom stereocenters. The molecule has 2 heterocycles. The third-order valence-electron chi connectivity index (χ3n) is 5.08. The van der Waals surface area contributed by atoms with Crippen molar-refractivity contribution in [2.24, 2.45) is 4.99 Å². The number of nitrogens with zero attached hydrogens (tertiary/aromatic N) is 3. The molecule has 2 rings (SSSR count). The molecule has 7 heteroatoms. The zero-order valence-corrected chi connectivity index (χ0v) is 19.4. The summed E-state index contributed by atoms with van der Waals surface area (Å²) in [5.41, 5.74) is 1.11. The lowest BCUT2D eigenvalue weighted by atomic mass is 10.2. The molecule has 6 nitrogen and oxygen atoms in total. The topological polar surface area (TPSA) is 61.7 Å². The van der Waals surface area contributed by atoms with Crippen LogP contribution in [0.1, 0.15) is 45.2 Å². The fourth-order valence-electron chi connectivity index (χ4n) is 3.57. The highest BCUT2D eigenvalue weighted by Gasteiger charge is 2.22. The van der Waals surface area contributed by atoms with E-state index in [-0.39, 0.29) is 29.5 Å². The molecule has 1 aromatic rings. The Hall–Kier alpha value is -1.09. The molecular weight excluding hydrogens is 453 g/mol. The van der Waals surface area contributed by atoms with Crippen molar-refractivity contribution in [2.75, 3.05) is 32.7 Å². The first kappa shape index (κ1) is 23.9. The Balaban J connectivity index is 0.00000364. The van der Waals surface area contributed by atoms with E-state index in [1.165, 1.54) is 19.4 Å². The number of likely N-dealkylation sites (tertiary alicyclic amines) is 1. The maximum Gasteiger partial charge on any atom is 0.250 e. The van der Waals surface area contributed by atoms with Gasteiger partial charge in [-0.1, -0.05) is 13.0 Å². The normalized spacial score (nSPS) is 17.6. The third kappa shape index (κ3) is 7.81. The van der Waals surface area contributed by atoms with E-state index in [1.807, 2.05) is 23.6 Å². The van der Waals surface area contributed by atoms with Crippen LogP contribution in [-0.4, -0.2) is 54.2 Å². The van der Waals surface area contributed by atoms with E-state index in [2.05, 4.69) is 29.4 Å². The van der Waals surface area contributed by atoms with Crippen LogP contribution in [0.15, 0.2) is 28.0 Å². The van der Waals surface area contributed by atoms with Crippen molar-refractivity contribution in [3.8, 4) is 0 Å². The van der Waals surface area contributed by atoms with E-state index in [0.29, 0.717) is 6.04 Å². The molecule has 1 aliphatic rings. The molecule has 0 bridgehead atoms. The van der Waals surface area contributed by atoms with Crippen molar-refractivity contribution < 1.29 is 0 Å².